The van der Waals surface area contributed by atoms with Crippen LogP contribution in [0.2, 0.25) is 0 Å². The molecule has 0 spiro atoms. The number of benzene rings is 2. The normalized spacial score (nSPS) is 14.0. The number of hydrogen-bond donors (Lipinski definition) is 2. The molecule has 0 saturated carbocycles. The first kappa shape index (κ1) is 13.8. The molecule has 2 aromatic rings. The van der Waals surface area contributed by atoms with Crippen molar-refractivity contribution in [1.82, 2.24) is 5.32 Å². The van der Waals surface area contributed by atoms with Gasteiger partial charge in [-0.2, -0.15) is 0 Å². The van der Waals surface area contributed by atoms with Crippen LogP contribution >= 0.6 is 0 Å². The highest BCUT2D eigenvalue weighted by atomic mass is 16.3. The van der Waals surface area contributed by atoms with E-state index in [-0.39, 0.29) is 12.6 Å². The van der Waals surface area contributed by atoms with Crippen molar-refractivity contribution in [2.24, 2.45) is 0 Å². The van der Waals surface area contributed by atoms with Gasteiger partial charge in [0.05, 0.1) is 6.61 Å². The highest BCUT2D eigenvalue weighted by Crippen LogP contribution is 2.30. The molecule has 2 nitrogen and oxygen atoms in total. The molecular weight excluding hydrogens is 234 g/mol. The Balaban J connectivity index is 2.22. The van der Waals surface area contributed by atoms with E-state index in [1.807, 2.05) is 12.1 Å². The lowest BCUT2D eigenvalue weighted by Gasteiger charge is -2.26. The Morgan fingerprint density at radius 2 is 1.42 bits per heavy atom. The monoisotopic (exact) mass is 255 g/mol. The summed E-state index contributed by atoms with van der Waals surface area (Å²) in [7, 11) is 0. The van der Waals surface area contributed by atoms with Gasteiger partial charge in [-0.3, -0.25) is 0 Å². The van der Waals surface area contributed by atoms with E-state index in [9.17, 15) is 0 Å². The molecule has 2 N–H and O–H groups in total. The van der Waals surface area contributed by atoms with Gasteiger partial charge in [0.15, 0.2) is 0 Å². The fourth-order valence-electron chi connectivity index (χ4n) is 2.41. The van der Waals surface area contributed by atoms with Crippen LogP contribution in [0, 0.1) is 0 Å². The molecular formula is C17H21NO. The standard InChI is InChI=1S/C17H21NO/c1-14(15-8-4-2-5-9-15)17(18-12-13-19)16-10-6-3-7-11-16/h2-11,14,17-19H,12-13H2,1H3. The molecule has 0 radical (unpaired) electrons. The first-order valence-corrected chi connectivity index (χ1v) is 6.77. The maximum absolute atomic E-state index is 9.05. The van der Waals surface area contributed by atoms with Crippen LogP contribution in [-0.4, -0.2) is 18.3 Å². The Labute approximate surface area is 115 Å². The molecule has 100 valence electrons. The van der Waals surface area contributed by atoms with Crippen molar-refractivity contribution in [3.63, 3.8) is 0 Å². The van der Waals surface area contributed by atoms with Crippen molar-refractivity contribution >= 4 is 0 Å². The average Bonchev–Trinajstić information content (AvgIpc) is 2.49. The molecule has 2 unspecified atom stereocenters. The molecule has 2 atom stereocenters. The molecule has 0 amide bonds. The van der Waals surface area contributed by atoms with Crippen LogP contribution < -0.4 is 5.32 Å². The van der Waals surface area contributed by atoms with Gasteiger partial charge in [0.25, 0.3) is 0 Å². The zero-order valence-electron chi connectivity index (χ0n) is 11.3. The summed E-state index contributed by atoms with van der Waals surface area (Å²) < 4.78 is 0. The first-order valence-electron chi connectivity index (χ1n) is 6.77. The van der Waals surface area contributed by atoms with E-state index >= 15 is 0 Å². The third kappa shape index (κ3) is 3.66. The Morgan fingerprint density at radius 3 is 1.95 bits per heavy atom. The lowest BCUT2D eigenvalue weighted by atomic mass is 9.88. The van der Waals surface area contributed by atoms with Crippen molar-refractivity contribution in [3.05, 3.63) is 71.8 Å². The van der Waals surface area contributed by atoms with Gasteiger partial charge in [-0.1, -0.05) is 67.6 Å². The molecule has 0 aliphatic rings. The molecule has 0 bridgehead atoms. The Hall–Kier alpha value is -1.64. The smallest absolute Gasteiger partial charge is 0.0556 e. The summed E-state index contributed by atoms with van der Waals surface area (Å²) in [6.07, 6.45) is 0. The number of nitrogens with one attached hydrogen (secondary N) is 1. The van der Waals surface area contributed by atoms with E-state index in [1.165, 1.54) is 11.1 Å². The molecule has 0 saturated heterocycles. The molecule has 2 aromatic carbocycles. The van der Waals surface area contributed by atoms with Crippen molar-refractivity contribution in [2.75, 3.05) is 13.2 Å². The third-order valence-electron chi connectivity index (χ3n) is 3.46. The van der Waals surface area contributed by atoms with Gasteiger partial charge < -0.3 is 10.4 Å². The van der Waals surface area contributed by atoms with E-state index in [1.54, 1.807) is 0 Å². The van der Waals surface area contributed by atoms with E-state index in [0.29, 0.717) is 12.5 Å². The van der Waals surface area contributed by atoms with E-state index in [4.69, 9.17) is 5.11 Å². The lowest BCUT2D eigenvalue weighted by molar-refractivity contribution is 0.280. The van der Waals surface area contributed by atoms with Crippen LogP contribution in [0.5, 0.6) is 0 Å². The molecule has 0 aliphatic carbocycles. The highest BCUT2D eigenvalue weighted by molar-refractivity contribution is 5.27. The van der Waals surface area contributed by atoms with Crippen LogP contribution in [0.1, 0.15) is 30.0 Å². The summed E-state index contributed by atoms with van der Waals surface area (Å²) >= 11 is 0. The second-order valence-corrected chi connectivity index (χ2v) is 4.77. The number of aliphatic hydroxyl groups is 1. The minimum Gasteiger partial charge on any atom is -0.395 e. The Morgan fingerprint density at radius 1 is 0.895 bits per heavy atom. The van der Waals surface area contributed by atoms with Gasteiger partial charge in [0, 0.05) is 18.5 Å². The van der Waals surface area contributed by atoms with Crippen LogP contribution in [0.3, 0.4) is 0 Å². The molecule has 0 aromatic heterocycles. The maximum atomic E-state index is 9.05. The summed E-state index contributed by atoms with van der Waals surface area (Å²) in [4.78, 5) is 0. The van der Waals surface area contributed by atoms with E-state index < -0.39 is 0 Å². The van der Waals surface area contributed by atoms with Crippen LogP contribution in [0.4, 0.5) is 0 Å². The predicted molar refractivity (Wildman–Crippen MR) is 79.1 cm³/mol. The maximum Gasteiger partial charge on any atom is 0.0556 e. The lowest BCUT2D eigenvalue weighted by Crippen LogP contribution is -2.28. The molecule has 0 aliphatic heterocycles. The zero-order chi connectivity index (χ0) is 13.5. The molecule has 2 rings (SSSR count). The van der Waals surface area contributed by atoms with Gasteiger partial charge in [-0.05, 0) is 11.1 Å². The summed E-state index contributed by atoms with van der Waals surface area (Å²) in [5, 5.41) is 12.5. The minimum absolute atomic E-state index is 0.158. The van der Waals surface area contributed by atoms with Gasteiger partial charge >= 0.3 is 0 Å². The fourth-order valence-corrected chi connectivity index (χ4v) is 2.41. The minimum atomic E-state index is 0.158. The topological polar surface area (TPSA) is 32.3 Å². The number of hydrogen-bond acceptors (Lipinski definition) is 2. The van der Waals surface area contributed by atoms with Gasteiger partial charge in [-0.25, -0.2) is 0 Å². The first-order chi connectivity index (χ1) is 9.33. The molecule has 19 heavy (non-hydrogen) atoms. The van der Waals surface area contributed by atoms with Crippen molar-refractivity contribution in [2.45, 2.75) is 18.9 Å². The summed E-state index contributed by atoms with van der Waals surface area (Å²) in [5.41, 5.74) is 2.56. The van der Waals surface area contributed by atoms with Crippen molar-refractivity contribution < 1.29 is 5.11 Å². The van der Waals surface area contributed by atoms with E-state index in [0.717, 1.165) is 0 Å². The number of aliphatic hydroxyl groups excluding tert-OH is 1. The fraction of sp³-hybridized carbons (Fsp3) is 0.294. The molecule has 2 heteroatoms. The molecule has 0 heterocycles. The highest BCUT2D eigenvalue weighted by Gasteiger charge is 2.19. The Bertz CT molecular complexity index is 469. The van der Waals surface area contributed by atoms with Crippen LogP contribution in [-0.2, 0) is 0 Å². The predicted octanol–water partition coefficient (Wildman–Crippen LogP) is 3.11. The SMILES string of the molecule is CC(c1ccccc1)C(NCCO)c1ccccc1. The van der Waals surface area contributed by atoms with Crippen molar-refractivity contribution in [1.29, 1.82) is 0 Å². The third-order valence-corrected chi connectivity index (χ3v) is 3.46. The van der Waals surface area contributed by atoms with Crippen LogP contribution in [0.15, 0.2) is 60.7 Å². The largest absolute Gasteiger partial charge is 0.395 e. The van der Waals surface area contributed by atoms with Crippen LogP contribution in [0.25, 0.3) is 0 Å². The van der Waals surface area contributed by atoms with Gasteiger partial charge in [0.1, 0.15) is 0 Å². The summed E-state index contributed by atoms with van der Waals surface area (Å²) in [6.45, 7) is 2.99. The van der Waals surface area contributed by atoms with E-state index in [2.05, 4.69) is 60.8 Å². The molecule has 0 fully saturated rings. The zero-order valence-corrected chi connectivity index (χ0v) is 11.3. The summed E-state index contributed by atoms with van der Waals surface area (Å²) in [5.74, 6) is 0.357. The average molecular weight is 255 g/mol. The van der Waals surface area contributed by atoms with Crippen molar-refractivity contribution in [3.8, 4) is 0 Å². The van der Waals surface area contributed by atoms with Gasteiger partial charge in [0.2, 0.25) is 0 Å². The quantitative estimate of drug-likeness (QED) is 0.831. The van der Waals surface area contributed by atoms with Gasteiger partial charge in [-0.15, -0.1) is 0 Å². The second kappa shape index (κ2) is 7.07. The second-order valence-electron chi connectivity index (χ2n) is 4.77. The summed E-state index contributed by atoms with van der Waals surface area (Å²) in [6, 6.07) is 21.1. The Kier molecular flexibility index (Phi) is 5.13. The number of rotatable bonds is 6.